The summed E-state index contributed by atoms with van der Waals surface area (Å²) >= 11 is 13.2. The minimum Gasteiger partial charge on any atom is -0.350 e. The first-order valence-corrected chi connectivity index (χ1v) is 9.24. The van der Waals surface area contributed by atoms with Gasteiger partial charge < -0.3 is 10.6 Å². The predicted molar refractivity (Wildman–Crippen MR) is 104 cm³/mol. The summed E-state index contributed by atoms with van der Waals surface area (Å²) in [6, 6.07) is 14.9. The van der Waals surface area contributed by atoms with Crippen LogP contribution in [-0.4, -0.2) is 17.4 Å². The smallest absolute Gasteiger partial charge is 0.270 e. The van der Waals surface area contributed by atoms with Gasteiger partial charge in [0.1, 0.15) is 5.69 Å². The second kappa shape index (κ2) is 8.34. The van der Waals surface area contributed by atoms with E-state index in [-0.39, 0.29) is 5.91 Å². The molecule has 0 saturated carbocycles. The molecule has 0 atom stereocenters. The number of carbonyl (C=O) groups is 1. The van der Waals surface area contributed by atoms with Crippen LogP contribution >= 0.6 is 34.5 Å². The van der Waals surface area contributed by atoms with Gasteiger partial charge in [0.25, 0.3) is 5.91 Å². The van der Waals surface area contributed by atoms with Gasteiger partial charge >= 0.3 is 0 Å². The van der Waals surface area contributed by atoms with Crippen LogP contribution in [0.1, 0.15) is 16.1 Å². The highest BCUT2D eigenvalue weighted by atomic mass is 35.5. The molecule has 0 spiro atoms. The highest BCUT2D eigenvalue weighted by Crippen LogP contribution is 2.23. The molecule has 2 aromatic carbocycles. The van der Waals surface area contributed by atoms with Crippen molar-refractivity contribution in [2.24, 2.45) is 0 Å². The summed E-state index contributed by atoms with van der Waals surface area (Å²) in [5.74, 6) is -0.190. The van der Waals surface area contributed by atoms with Crippen molar-refractivity contribution in [1.29, 1.82) is 0 Å². The van der Waals surface area contributed by atoms with Gasteiger partial charge in [-0.25, -0.2) is 4.98 Å². The van der Waals surface area contributed by atoms with Crippen LogP contribution in [0.3, 0.4) is 0 Å². The lowest BCUT2D eigenvalue weighted by atomic mass is 10.1. The van der Waals surface area contributed by atoms with Crippen LogP contribution < -0.4 is 10.6 Å². The van der Waals surface area contributed by atoms with Crippen molar-refractivity contribution in [3.05, 3.63) is 75.2 Å². The highest BCUT2D eigenvalue weighted by molar-refractivity contribution is 7.14. The van der Waals surface area contributed by atoms with E-state index >= 15 is 0 Å². The minimum atomic E-state index is -0.190. The van der Waals surface area contributed by atoms with Crippen LogP contribution in [0.5, 0.6) is 0 Å². The van der Waals surface area contributed by atoms with Gasteiger partial charge in [0.15, 0.2) is 5.13 Å². The van der Waals surface area contributed by atoms with Crippen molar-refractivity contribution < 1.29 is 4.79 Å². The fourth-order valence-electron chi connectivity index (χ4n) is 2.19. The third-order valence-electron chi connectivity index (χ3n) is 3.43. The van der Waals surface area contributed by atoms with Crippen molar-refractivity contribution >= 4 is 51.3 Å². The Labute approximate surface area is 159 Å². The van der Waals surface area contributed by atoms with Gasteiger partial charge in [-0.15, -0.1) is 11.3 Å². The average Bonchev–Trinajstić information content (AvgIpc) is 3.05. The Bertz CT molecular complexity index is 865. The van der Waals surface area contributed by atoms with Crippen molar-refractivity contribution in [3.63, 3.8) is 0 Å². The molecule has 1 amide bonds. The zero-order chi connectivity index (χ0) is 17.6. The molecule has 0 saturated heterocycles. The molecule has 7 heteroatoms. The monoisotopic (exact) mass is 391 g/mol. The molecular formula is C18H15Cl2N3OS. The molecular weight excluding hydrogens is 377 g/mol. The van der Waals surface area contributed by atoms with Crippen molar-refractivity contribution in [2.75, 3.05) is 11.9 Å². The Kier molecular flexibility index (Phi) is 5.91. The quantitative estimate of drug-likeness (QED) is 0.609. The van der Waals surface area contributed by atoms with Gasteiger partial charge in [-0.1, -0.05) is 41.4 Å². The Balaban J connectivity index is 1.52. The summed E-state index contributed by atoms with van der Waals surface area (Å²) in [5.41, 5.74) is 2.34. The number of hydrogen-bond acceptors (Lipinski definition) is 4. The van der Waals surface area contributed by atoms with Gasteiger partial charge in [0, 0.05) is 27.7 Å². The molecule has 4 nitrogen and oxygen atoms in total. The first-order valence-electron chi connectivity index (χ1n) is 7.61. The average molecular weight is 392 g/mol. The molecule has 2 N–H and O–H groups in total. The molecule has 3 aromatic rings. The lowest BCUT2D eigenvalue weighted by Crippen LogP contribution is -2.25. The third kappa shape index (κ3) is 5.19. The predicted octanol–water partition coefficient (Wildman–Crippen LogP) is 5.17. The first kappa shape index (κ1) is 17.7. The molecule has 3 rings (SSSR count). The van der Waals surface area contributed by atoms with Crippen molar-refractivity contribution in [1.82, 2.24) is 10.3 Å². The molecule has 0 radical (unpaired) electrons. The fourth-order valence-corrected chi connectivity index (χ4v) is 3.21. The topological polar surface area (TPSA) is 54.0 Å². The van der Waals surface area contributed by atoms with Gasteiger partial charge in [0.2, 0.25) is 0 Å². The molecule has 25 heavy (non-hydrogen) atoms. The number of nitrogens with one attached hydrogen (secondary N) is 2. The van der Waals surface area contributed by atoms with E-state index in [2.05, 4.69) is 15.6 Å². The van der Waals surface area contributed by atoms with Gasteiger partial charge in [-0.05, 0) is 42.3 Å². The van der Waals surface area contributed by atoms with Crippen LogP contribution in [0.15, 0.2) is 53.9 Å². The second-order valence-electron chi connectivity index (χ2n) is 5.31. The van der Waals surface area contributed by atoms with E-state index in [0.717, 1.165) is 17.7 Å². The summed E-state index contributed by atoms with van der Waals surface area (Å²) < 4.78 is 0. The normalized spacial score (nSPS) is 10.5. The van der Waals surface area contributed by atoms with Crippen LogP contribution in [-0.2, 0) is 6.42 Å². The van der Waals surface area contributed by atoms with E-state index in [9.17, 15) is 4.79 Å². The number of halogens is 2. The number of rotatable bonds is 6. The van der Waals surface area contributed by atoms with Crippen LogP contribution in [0.25, 0.3) is 0 Å². The number of benzene rings is 2. The van der Waals surface area contributed by atoms with Crippen molar-refractivity contribution in [3.8, 4) is 0 Å². The molecule has 128 valence electrons. The maximum absolute atomic E-state index is 12.2. The zero-order valence-electron chi connectivity index (χ0n) is 13.1. The molecule has 0 bridgehead atoms. The number of aromatic nitrogens is 1. The summed E-state index contributed by atoms with van der Waals surface area (Å²) in [6.45, 7) is 0.537. The fraction of sp³-hybridized carbons (Fsp3) is 0.111. The largest absolute Gasteiger partial charge is 0.350 e. The number of anilines is 2. The summed E-state index contributed by atoms with van der Waals surface area (Å²) in [5, 5.41) is 9.72. The Hall–Kier alpha value is -2.08. The Morgan fingerprint density at radius 1 is 1.08 bits per heavy atom. The summed E-state index contributed by atoms with van der Waals surface area (Å²) in [7, 11) is 0. The molecule has 1 aromatic heterocycles. The number of amides is 1. The molecule has 1 heterocycles. The number of hydrogen-bond donors (Lipinski definition) is 2. The minimum absolute atomic E-state index is 0.190. The molecule has 0 aliphatic rings. The van der Waals surface area contributed by atoms with E-state index in [1.54, 1.807) is 17.5 Å². The van der Waals surface area contributed by atoms with Gasteiger partial charge in [0.05, 0.1) is 0 Å². The maximum Gasteiger partial charge on any atom is 0.270 e. The summed E-state index contributed by atoms with van der Waals surface area (Å²) in [4.78, 5) is 16.5. The zero-order valence-corrected chi connectivity index (χ0v) is 15.5. The summed E-state index contributed by atoms with van der Waals surface area (Å²) in [6.07, 6.45) is 0.737. The first-order chi connectivity index (χ1) is 12.1. The molecule has 0 fully saturated rings. The number of thiazole rings is 1. The standard InChI is InChI=1S/C18H15Cl2N3OS/c19-13-6-4-12(5-7-13)8-9-21-17(24)16-11-25-18(23-16)22-15-3-1-2-14(20)10-15/h1-7,10-11H,8-9H2,(H,21,24)(H,22,23). The number of nitrogens with zero attached hydrogens (tertiary/aromatic N) is 1. The van der Waals surface area contributed by atoms with E-state index in [0.29, 0.717) is 27.4 Å². The van der Waals surface area contributed by atoms with E-state index < -0.39 is 0 Å². The third-order valence-corrected chi connectivity index (χ3v) is 4.67. The Morgan fingerprint density at radius 3 is 2.64 bits per heavy atom. The SMILES string of the molecule is O=C(NCCc1ccc(Cl)cc1)c1csc(Nc2cccc(Cl)c2)n1. The lowest BCUT2D eigenvalue weighted by molar-refractivity contribution is 0.0950. The van der Waals surface area contributed by atoms with Crippen LogP contribution in [0.2, 0.25) is 10.0 Å². The van der Waals surface area contributed by atoms with E-state index in [1.165, 1.54) is 11.3 Å². The molecule has 0 unspecified atom stereocenters. The lowest BCUT2D eigenvalue weighted by Gasteiger charge is -2.04. The second-order valence-corrected chi connectivity index (χ2v) is 7.04. The van der Waals surface area contributed by atoms with E-state index in [4.69, 9.17) is 23.2 Å². The molecule has 0 aliphatic heterocycles. The van der Waals surface area contributed by atoms with E-state index in [1.807, 2.05) is 36.4 Å². The van der Waals surface area contributed by atoms with Gasteiger partial charge in [-0.3, -0.25) is 4.79 Å². The van der Waals surface area contributed by atoms with Crippen LogP contribution in [0.4, 0.5) is 10.8 Å². The van der Waals surface area contributed by atoms with Crippen LogP contribution in [0, 0.1) is 0 Å². The highest BCUT2D eigenvalue weighted by Gasteiger charge is 2.10. The van der Waals surface area contributed by atoms with Crippen molar-refractivity contribution in [2.45, 2.75) is 6.42 Å². The molecule has 0 aliphatic carbocycles. The number of carbonyl (C=O) groups excluding carboxylic acids is 1. The maximum atomic E-state index is 12.2. The van der Waals surface area contributed by atoms with Gasteiger partial charge in [-0.2, -0.15) is 0 Å². The Morgan fingerprint density at radius 2 is 1.88 bits per heavy atom.